The SMILES string of the molecule is CN1CCC(Nc2c(F)cccc2[N+](=O)[O-])C1. The molecule has 1 aliphatic heterocycles. The van der Waals surface area contributed by atoms with Crippen LogP contribution in [0.2, 0.25) is 0 Å². The summed E-state index contributed by atoms with van der Waals surface area (Å²) in [6.07, 6.45) is 0.863. The van der Waals surface area contributed by atoms with Crippen molar-refractivity contribution in [1.82, 2.24) is 4.90 Å². The number of nitrogens with one attached hydrogen (secondary N) is 1. The van der Waals surface area contributed by atoms with Gasteiger partial charge in [-0.15, -0.1) is 0 Å². The third kappa shape index (κ3) is 2.52. The number of likely N-dealkylation sites (N-methyl/N-ethyl adjacent to an activating group) is 1. The molecule has 0 radical (unpaired) electrons. The third-order valence-electron chi connectivity index (χ3n) is 2.93. The van der Waals surface area contributed by atoms with Gasteiger partial charge in [0.15, 0.2) is 5.82 Å². The van der Waals surface area contributed by atoms with Gasteiger partial charge in [-0.3, -0.25) is 10.1 Å². The first kappa shape index (κ1) is 11.8. The number of likely N-dealkylation sites (tertiary alicyclic amines) is 1. The fourth-order valence-corrected chi connectivity index (χ4v) is 2.06. The number of anilines is 1. The number of hydrogen-bond acceptors (Lipinski definition) is 4. The molecule has 1 atom stereocenters. The van der Waals surface area contributed by atoms with Crippen LogP contribution in [0.4, 0.5) is 15.8 Å². The van der Waals surface area contributed by atoms with E-state index in [4.69, 9.17) is 0 Å². The molecule has 0 aliphatic carbocycles. The highest BCUT2D eigenvalue weighted by Crippen LogP contribution is 2.28. The minimum absolute atomic E-state index is 0.00204. The van der Waals surface area contributed by atoms with Crippen molar-refractivity contribution in [3.63, 3.8) is 0 Å². The zero-order valence-corrected chi connectivity index (χ0v) is 9.52. The molecule has 0 spiro atoms. The average Bonchev–Trinajstić information content (AvgIpc) is 2.67. The molecule has 1 saturated heterocycles. The van der Waals surface area contributed by atoms with Crippen LogP contribution in [0, 0.1) is 15.9 Å². The molecule has 1 aromatic rings. The van der Waals surface area contributed by atoms with Gasteiger partial charge in [0.05, 0.1) is 4.92 Å². The molecule has 0 amide bonds. The summed E-state index contributed by atoms with van der Waals surface area (Å²) >= 11 is 0. The molecule has 1 aliphatic rings. The summed E-state index contributed by atoms with van der Waals surface area (Å²) in [5.74, 6) is -0.575. The summed E-state index contributed by atoms with van der Waals surface area (Å²) < 4.78 is 13.6. The summed E-state index contributed by atoms with van der Waals surface area (Å²) in [4.78, 5) is 12.3. The van der Waals surface area contributed by atoms with Crippen molar-refractivity contribution in [2.75, 3.05) is 25.5 Å². The summed E-state index contributed by atoms with van der Waals surface area (Å²) in [5, 5.41) is 13.7. The van der Waals surface area contributed by atoms with Gasteiger partial charge >= 0.3 is 0 Å². The normalized spacial score (nSPS) is 20.5. The van der Waals surface area contributed by atoms with Crippen LogP contribution in [0.15, 0.2) is 18.2 Å². The first-order valence-electron chi connectivity index (χ1n) is 5.46. The predicted molar refractivity (Wildman–Crippen MR) is 62.6 cm³/mol. The Morgan fingerprint density at radius 3 is 2.94 bits per heavy atom. The number of halogens is 1. The smallest absolute Gasteiger partial charge is 0.295 e. The molecule has 1 N–H and O–H groups in total. The van der Waals surface area contributed by atoms with E-state index in [1.165, 1.54) is 18.2 Å². The Labute approximate surface area is 98.4 Å². The molecule has 2 rings (SSSR count). The maximum Gasteiger partial charge on any atom is 0.295 e. The Morgan fingerprint density at radius 2 is 2.35 bits per heavy atom. The topological polar surface area (TPSA) is 58.4 Å². The average molecular weight is 239 g/mol. The van der Waals surface area contributed by atoms with Gasteiger partial charge < -0.3 is 10.2 Å². The van der Waals surface area contributed by atoms with Crippen molar-refractivity contribution in [3.8, 4) is 0 Å². The Hall–Kier alpha value is -1.69. The lowest BCUT2D eigenvalue weighted by Gasteiger charge is -2.14. The second kappa shape index (κ2) is 4.67. The van der Waals surface area contributed by atoms with Crippen LogP contribution in [0.3, 0.4) is 0 Å². The van der Waals surface area contributed by atoms with Gasteiger partial charge in [-0.2, -0.15) is 0 Å². The van der Waals surface area contributed by atoms with Crippen molar-refractivity contribution in [2.24, 2.45) is 0 Å². The van der Waals surface area contributed by atoms with Crippen molar-refractivity contribution < 1.29 is 9.31 Å². The maximum atomic E-state index is 13.6. The van der Waals surface area contributed by atoms with E-state index in [1.807, 2.05) is 7.05 Å². The lowest BCUT2D eigenvalue weighted by atomic mass is 10.2. The molecule has 0 bridgehead atoms. The third-order valence-corrected chi connectivity index (χ3v) is 2.93. The molecular weight excluding hydrogens is 225 g/mol. The number of hydrogen-bond donors (Lipinski definition) is 1. The van der Waals surface area contributed by atoms with Crippen LogP contribution < -0.4 is 5.32 Å². The van der Waals surface area contributed by atoms with E-state index < -0.39 is 10.7 Å². The zero-order valence-electron chi connectivity index (χ0n) is 9.52. The van der Waals surface area contributed by atoms with Gasteiger partial charge in [0.1, 0.15) is 5.69 Å². The fourth-order valence-electron chi connectivity index (χ4n) is 2.06. The van der Waals surface area contributed by atoms with Gasteiger partial charge in [0, 0.05) is 18.7 Å². The van der Waals surface area contributed by atoms with Gasteiger partial charge in [0.25, 0.3) is 5.69 Å². The van der Waals surface area contributed by atoms with Gasteiger partial charge in [-0.1, -0.05) is 6.07 Å². The van der Waals surface area contributed by atoms with E-state index in [0.717, 1.165) is 19.5 Å². The highest BCUT2D eigenvalue weighted by atomic mass is 19.1. The van der Waals surface area contributed by atoms with Crippen LogP contribution in [0.1, 0.15) is 6.42 Å². The molecule has 0 saturated carbocycles. The van der Waals surface area contributed by atoms with Crippen LogP contribution >= 0.6 is 0 Å². The monoisotopic (exact) mass is 239 g/mol. The molecule has 5 nitrogen and oxygen atoms in total. The first-order valence-corrected chi connectivity index (χ1v) is 5.46. The molecule has 17 heavy (non-hydrogen) atoms. The van der Waals surface area contributed by atoms with Crippen molar-refractivity contribution >= 4 is 11.4 Å². The Kier molecular flexibility index (Phi) is 3.23. The standard InChI is InChI=1S/C11H14FN3O2/c1-14-6-5-8(7-14)13-11-9(12)3-2-4-10(11)15(16)17/h2-4,8,13H,5-7H2,1H3. The molecule has 6 heteroatoms. The lowest BCUT2D eigenvalue weighted by Crippen LogP contribution is -2.24. The van der Waals surface area contributed by atoms with Crippen molar-refractivity contribution in [3.05, 3.63) is 34.1 Å². The quantitative estimate of drug-likeness (QED) is 0.646. The maximum absolute atomic E-state index is 13.6. The zero-order chi connectivity index (χ0) is 12.4. The van der Waals surface area contributed by atoms with Crippen LogP contribution in [-0.2, 0) is 0 Å². The predicted octanol–water partition coefficient (Wildman–Crippen LogP) is 1.85. The summed E-state index contributed by atoms with van der Waals surface area (Å²) in [7, 11) is 1.97. The molecule has 1 fully saturated rings. The number of nitro benzene ring substituents is 1. The summed E-state index contributed by atoms with van der Waals surface area (Å²) in [6, 6.07) is 3.95. The lowest BCUT2D eigenvalue weighted by molar-refractivity contribution is -0.384. The van der Waals surface area contributed by atoms with Crippen molar-refractivity contribution in [2.45, 2.75) is 12.5 Å². The first-order chi connectivity index (χ1) is 8.08. The summed E-state index contributed by atoms with van der Waals surface area (Å²) in [6.45, 7) is 1.69. The summed E-state index contributed by atoms with van der Waals surface area (Å²) in [5.41, 5.74) is -0.211. The minimum Gasteiger partial charge on any atom is -0.373 e. The molecule has 92 valence electrons. The van der Waals surface area contributed by atoms with E-state index in [2.05, 4.69) is 10.2 Å². The Morgan fingerprint density at radius 1 is 1.59 bits per heavy atom. The molecule has 1 unspecified atom stereocenters. The number of nitro groups is 1. The second-order valence-electron chi connectivity index (χ2n) is 4.28. The highest BCUT2D eigenvalue weighted by Gasteiger charge is 2.24. The van der Waals surface area contributed by atoms with Crippen LogP contribution in [0.25, 0.3) is 0 Å². The van der Waals surface area contributed by atoms with Gasteiger partial charge in [-0.25, -0.2) is 4.39 Å². The van der Waals surface area contributed by atoms with E-state index in [-0.39, 0.29) is 17.4 Å². The van der Waals surface area contributed by atoms with E-state index in [0.29, 0.717) is 0 Å². The minimum atomic E-state index is -0.575. The molecule has 0 aromatic heterocycles. The highest BCUT2D eigenvalue weighted by molar-refractivity contribution is 5.62. The van der Waals surface area contributed by atoms with Crippen molar-refractivity contribution in [1.29, 1.82) is 0 Å². The second-order valence-corrected chi connectivity index (χ2v) is 4.28. The van der Waals surface area contributed by atoms with Gasteiger partial charge in [-0.05, 0) is 26.1 Å². The van der Waals surface area contributed by atoms with Crippen LogP contribution in [0.5, 0.6) is 0 Å². The number of rotatable bonds is 3. The van der Waals surface area contributed by atoms with Gasteiger partial charge in [0.2, 0.25) is 0 Å². The van der Waals surface area contributed by atoms with E-state index in [1.54, 1.807) is 0 Å². The fraction of sp³-hybridized carbons (Fsp3) is 0.455. The number of benzene rings is 1. The molecular formula is C11H14FN3O2. The largest absolute Gasteiger partial charge is 0.373 e. The van der Waals surface area contributed by atoms with Crippen LogP contribution in [-0.4, -0.2) is 36.0 Å². The molecule has 1 heterocycles. The Bertz CT molecular complexity index is 439. The van der Waals surface area contributed by atoms with E-state index >= 15 is 0 Å². The van der Waals surface area contributed by atoms with E-state index in [9.17, 15) is 14.5 Å². The Balaban J connectivity index is 2.22. The number of nitrogens with zero attached hydrogens (tertiary/aromatic N) is 2. The number of para-hydroxylation sites is 1. The molecule has 1 aromatic carbocycles.